The lowest BCUT2D eigenvalue weighted by molar-refractivity contribution is 0.102. The van der Waals surface area contributed by atoms with Crippen molar-refractivity contribution in [2.45, 2.75) is 32.4 Å². The van der Waals surface area contributed by atoms with E-state index >= 15 is 0 Å². The fourth-order valence-corrected chi connectivity index (χ4v) is 3.59. The second-order valence-electron chi connectivity index (χ2n) is 7.63. The van der Waals surface area contributed by atoms with Crippen molar-refractivity contribution < 1.29 is 14.0 Å². The van der Waals surface area contributed by atoms with E-state index in [1.165, 1.54) is 18.2 Å². The molecule has 160 valence electrons. The number of amides is 3. The molecule has 0 fully saturated rings. The van der Waals surface area contributed by atoms with E-state index in [-0.39, 0.29) is 6.03 Å². The number of anilines is 2. The van der Waals surface area contributed by atoms with E-state index in [2.05, 4.69) is 20.2 Å². The summed E-state index contributed by atoms with van der Waals surface area (Å²) in [5, 5.41) is 5.45. The maximum absolute atomic E-state index is 13.3. The molecule has 1 aliphatic heterocycles. The molecule has 8 heteroatoms. The van der Waals surface area contributed by atoms with Gasteiger partial charge in [-0.15, -0.1) is 0 Å². The fourth-order valence-electron chi connectivity index (χ4n) is 3.59. The van der Waals surface area contributed by atoms with Gasteiger partial charge in [-0.05, 0) is 49.2 Å². The number of halogens is 1. The van der Waals surface area contributed by atoms with Crippen LogP contribution in [0.3, 0.4) is 0 Å². The van der Waals surface area contributed by atoms with Crippen LogP contribution in [-0.2, 0) is 19.5 Å². The number of carbonyl (C=O) groups excluding carboxylic acids is 2. The highest BCUT2D eigenvalue weighted by Gasteiger charge is 2.16. The summed E-state index contributed by atoms with van der Waals surface area (Å²) in [7, 11) is 1.70. The molecule has 3 aromatic rings. The summed E-state index contributed by atoms with van der Waals surface area (Å²) in [6, 6.07) is 12.0. The second kappa shape index (κ2) is 8.99. The fraction of sp³-hybridized carbons (Fsp3) is 0.261. The van der Waals surface area contributed by atoms with Crippen LogP contribution < -0.4 is 10.6 Å². The predicted molar refractivity (Wildman–Crippen MR) is 116 cm³/mol. The number of hydrogen-bond donors (Lipinski definition) is 2. The van der Waals surface area contributed by atoms with Gasteiger partial charge in [-0.2, -0.15) is 0 Å². The first kappa shape index (κ1) is 20.6. The van der Waals surface area contributed by atoms with E-state index < -0.39 is 11.7 Å². The molecular formula is C23H24FN5O2. The number of benzene rings is 2. The first-order valence-corrected chi connectivity index (χ1v) is 10.2. The number of aromatic nitrogens is 2. The smallest absolute Gasteiger partial charge is 0.321 e. The monoisotopic (exact) mass is 421 g/mol. The third kappa shape index (κ3) is 5.09. The van der Waals surface area contributed by atoms with Gasteiger partial charge < -0.3 is 20.1 Å². The van der Waals surface area contributed by atoms with E-state index in [1.807, 2.05) is 6.20 Å². The van der Waals surface area contributed by atoms with E-state index in [1.54, 1.807) is 42.3 Å². The first-order chi connectivity index (χ1) is 15.0. The molecule has 4 rings (SSSR count). The Labute approximate surface area is 179 Å². The molecule has 1 aromatic heterocycles. The lowest BCUT2D eigenvalue weighted by Gasteiger charge is -2.17. The topological polar surface area (TPSA) is 79.3 Å². The highest BCUT2D eigenvalue weighted by atomic mass is 19.1. The van der Waals surface area contributed by atoms with Crippen molar-refractivity contribution in [1.82, 2.24) is 14.5 Å². The van der Waals surface area contributed by atoms with Crippen LogP contribution in [0.2, 0.25) is 0 Å². The van der Waals surface area contributed by atoms with Gasteiger partial charge >= 0.3 is 6.03 Å². The van der Waals surface area contributed by atoms with Crippen molar-refractivity contribution in [1.29, 1.82) is 0 Å². The molecule has 3 amide bonds. The molecule has 0 spiro atoms. The van der Waals surface area contributed by atoms with E-state index in [4.69, 9.17) is 0 Å². The van der Waals surface area contributed by atoms with Crippen LogP contribution in [0.5, 0.6) is 0 Å². The number of urea groups is 1. The van der Waals surface area contributed by atoms with Gasteiger partial charge in [-0.25, -0.2) is 14.2 Å². The van der Waals surface area contributed by atoms with Gasteiger partial charge in [0.05, 0.1) is 12.2 Å². The molecule has 1 aliphatic rings. The molecule has 0 atom stereocenters. The molecule has 2 aromatic carbocycles. The van der Waals surface area contributed by atoms with Gasteiger partial charge in [0.25, 0.3) is 5.91 Å². The Morgan fingerprint density at radius 3 is 2.65 bits per heavy atom. The maximum atomic E-state index is 13.3. The average molecular weight is 421 g/mol. The summed E-state index contributed by atoms with van der Waals surface area (Å²) in [6.07, 6.45) is 5.29. The summed E-state index contributed by atoms with van der Waals surface area (Å²) >= 11 is 0. The lowest BCUT2D eigenvalue weighted by atomic mass is 10.2. The largest absolute Gasteiger partial charge is 0.335 e. The summed E-state index contributed by atoms with van der Waals surface area (Å²) in [5.41, 5.74) is 2.07. The highest BCUT2D eigenvalue weighted by molar-refractivity contribution is 6.05. The Hall–Kier alpha value is -3.68. The van der Waals surface area contributed by atoms with Crippen LogP contribution in [0.4, 0.5) is 20.6 Å². The number of nitrogens with zero attached hydrogens (tertiary/aromatic N) is 3. The van der Waals surface area contributed by atoms with Crippen LogP contribution in [0.1, 0.15) is 34.7 Å². The molecule has 0 saturated heterocycles. The standard InChI is InChI=1S/C23H24FN5O2/c1-28(14-20-15-29-11-3-2-10-21(29)25-20)23(31)27-18-8-4-6-16(12-18)22(30)26-19-9-5-7-17(24)13-19/h4-9,12-13,15H,2-3,10-11,14H2,1H3,(H,26,30)(H,27,31). The maximum Gasteiger partial charge on any atom is 0.321 e. The van der Waals surface area contributed by atoms with Crippen LogP contribution >= 0.6 is 0 Å². The number of fused-ring (bicyclic) bond motifs is 1. The van der Waals surface area contributed by atoms with E-state index in [0.717, 1.165) is 37.3 Å². The highest BCUT2D eigenvalue weighted by Crippen LogP contribution is 2.17. The van der Waals surface area contributed by atoms with Crippen LogP contribution in [0.25, 0.3) is 0 Å². The third-order valence-electron chi connectivity index (χ3n) is 5.16. The average Bonchev–Trinajstić information content (AvgIpc) is 3.16. The zero-order chi connectivity index (χ0) is 21.8. The molecule has 2 N–H and O–H groups in total. The Balaban J connectivity index is 1.37. The Morgan fingerprint density at radius 2 is 1.87 bits per heavy atom. The van der Waals surface area contributed by atoms with Crippen molar-refractivity contribution in [2.24, 2.45) is 0 Å². The molecule has 0 unspecified atom stereocenters. The zero-order valence-corrected chi connectivity index (χ0v) is 17.3. The minimum absolute atomic E-state index is 0.298. The number of carbonyl (C=O) groups is 2. The second-order valence-corrected chi connectivity index (χ2v) is 7.63. The number of imidazole rings is 1. The lowest BCUT2D eigenvalue weighted by Crippen LogP contribution is -2.31. The normalized spacial score (nSPS) is 12.7. The van der Waals surface area contributed by atoms with Crippen molar-refractivity contribution in [3.8, 4) is 0 Å². The number of rotatable bonds is 5. The summed E-state index contributed by atoms with van der Waals surface area (Å²) in [5.74, 6) is 0.256. The van der Waals surface area contributed by atoms with E-state index in [0.29, 0.717) is 23.5 Å². The van der Waals surface area contributed by atoms with Gasteiger partial charge in [0.2, 0.25) is 0 Å². The zero-order valence-electron chi connectivity index (χ0n) is 17.3. The number of aryl methyl sites for hydroxylation is 2. The van der Waals surface area contributed by atoms with Gasteiger partial charge in [0, 0.05) is 43.1 Å². The molecule has 2 heterocycles. The van der Waals surface area contributed by atoms with Gasteiger partial charge in [0.1, 0.15) is 11.6 Å². The van der Waals surface area contributed by atoms with Crippen LogP contribution in [0, 0.1) is 5.82 Å². The molecular weight excluding hydrogens is 397 g/mol. The van der Waals surface area contributed by atoms with Gasteiger partial charge in [0.15, 0.2) is 0 Å². The van der Waals surface area contributed by atoms with Gasteiger partial charge in [-0.1, -0.05) is 12.1 Å². The summed E-state index contributed by atoms with van der Waals surface area (Å²) < 4.78 is 15.5. The molecule has 31 heavy (non-hydrogen) atoms. The Kier molecular flexibility index (Phi) is 5.97. The van der Waals surface area contributed by atoms with Crippen molar-refractivity contribution in [3.63, 3.8) is 0 Å². The predicted octanol–water partition coefficient (Wildman–Crippen LogP) is 4.27. The van der Waals surface area contributed by atoms with Gasteiger partial charge in [-0.3, -0.25) is 4.79 Å². The molecule has 0 bridgehead atoms. The molecule has 0 radical (unpaired) electrons. The number of hydrogen-bond acceptors (Lipinski definition) is 3. The van der Waals surface area contributed by atoms with Crippen molar-refractivity contribution in [3.05, 3.63) is 77.6 Å². The molecule has 7 nitrogen and oxygen atoms in total. The SMILES string of the molecule is CN(Cc1cn2c(n1)CCCC2)C(=O)Nc1cccc(C(=O)Nc2cccc(F)c2)c1. The Morgan fingerprint density at radius 1 is 1.10 bits per heavy atom. The third-order valence-corrected chi connectivity index (χ3v) is 5.16. The molecule has 0 aliphatic carbocycles. The summed E-state index contributed by atoms with van der Waals surface area (Å²) in [4.78, 5) is 31.2. The minimum atomic E-state index is -0.430. The quantitative estimate of drug-likeness (QED) is 0.646. The Bertz CT molecular complexity index is 1090. The minimum Gasteiger partial charge on any atom is -0.335 e. The van der Waals surface area contributed by atoms with E-state index in [9.17, 15) is 14.0 Å². The van der Waals surface area contributed by atoms with Crippen molar-refractivity contribution in [2.75, 3.05) is 17.7 Å². The summed E-state index contributed by atoms with van der Waals surface area (Å²) in [6.45, 7) is 1.37. The molecule has 0 saturated carbocycles. The number of nitrogens with one attached hydrogen (secondary N) is 2. The first-order valence-electron chi connectivity index (χ1n) is 10.2. The van der Waals surface area contributed by atoms with Crippen LogP contribution in [0.15, 0.2) is 54.7 Å². The van der Waals surface area contributed by atoms with Crippen molar-refractivity contribution >= 4 is 23.3 Å². The van der Waals surface area contributed by atoms with Crippen LogP contribution in [-0.4, -0.2) is 33.4 Å².